The molecular weight excluding hydrogens is 212 g/mol. The van der Waals surface area contributed by atoms with Crippen molar-refractivity contribution in [2.75, 3.05) is 0 Å². The zero-order valence-corrected chi connectivity index (χ0v) is 10.4. The van der Waals surface area contributed by atoms with Gasteiger partial charge in [0, 0.05) is 5.57 Å². The van der Waals surface area contributed by atoms with E-state index in [9.17, 15) is 4.79 Å². The molecule has 0 radical (unpaired) electrons. The van der Waals surface area contributed by atoms with Gasteiger partial charge in [0.2, 0.25) is 0 Å². The third-order valence-corrected chi connectivity index (χ3v) is 2.71. The Morgan fingerprint density at radius 1 is 1.18 bits per heavy atom. The predicted octanol–water partition coefficient (Wildman–Crippen LogP) is 4.13. The molecule has 1 aromatic rings. The third-order valence-electron chi connectivity index (χ3n) is 2.71. The van der Waals surface area contributed by atoms with Gasteiger partial charge in [0.1, 0.15) is 0 Å². The van der Waals surface area contributed by atoms with E-state index in [-0.39, 0.29) is 0 Å². The first-order chi connectivity index (χ1) is 8.24. The van der Waals surface area contributed by atoms with Gasteiger partial charge in [-0.05, 0) is 24.5 Å². The number of carboxylic acids is 1. The molecule has 0 unspecified atom stereocenters. The highest BCUT2D eigenvalue weighted by molar-refractivity contribution is 5.92. The number of carbonyl (C=O) groups is 1. The SMILES string of the molecule is CCCCCC/C(=C\c1ccccc1)C(=O)O. The van der Waals surface area contributed by atoms with Gasteiger partial charge in [-0.3, -0.25) is 0 Å². The number of rotatable bonds is 7. The highest BCUT2D eigenvalue weighted by Gasteiger charge is 2.06. The third kappa shape index (κ3) is 5.34. The summed E-state index contributed by atoms with van der Waals surface area (Å²) >= 11 is 0. The molecule has 0 saturated carbocycles. The van der Waals surface area contributed by atoms with Crippen LogP contribution in [0.5, 0.6) is 0 Å². The van der Waals surface area contributed by atoms with E-state index in [0.29, 0.717) is 12.0 Å². The Labute approximate surface area is 103 Å². The van der Waals surface area contributed by atoms with E-state index in [0.717, 1.165) is 18.4 Å². The molecule has 0 aliphatic rings. The molecule has 0 amide bonds. The van der Waals surface area contributed by atoms with Crippen molar-refractivity contribution < 1.29 is 9.90 Å². The second-order valence-electron chi connectivity index (χ2n) is 4.20. The maximum absolute atomic E-state index is 11.1. The van der Waals surface area contributed by atoms with E-state index in [1.807, 2.05) is 30.3 Å². The summed E-state index contributed by atoms with van der Waals surface area (Å²) in [4.78, 5) is 11.1. The molecule has 1 N–H and O–H groups in total. The van der Waals surface area contributed by atoms with E-state index in [1.165, 1.54) is 12.8 Å². The summed E-state index contributed by atoms with van der Waals surface area (Å²) in [5, 5.41) is 9.12. The fourth-order valence-electron chi connectivity index (χ4n) is 1.73. The van der Waals surface area contributed by atoms with Gasteiger partial charge in [0.25, 0.3) is 0 Å². The van der Waals surface area contributed by atoms with Crippen molar-refractivity contribution in [2.45, 2.75) is 39.0 Å². The van der Waals surface area contributed by atoms with Crippen LogP contribution in [0.25, 0.3) is 6.08 Å². The zero-order chi connectivity index (χ0) is 12.5. The van der Waals surface area contributed by atoms with Gasteiger partial charge in [-0.25, -0.2) is 4.79 Å². The lowest BCUT2D eigenvalue weighted by Crippen LogP contribution is -2.00. The minimum absolute atomic E-state index is 0.507. The van der Waals surface area contributed by atoms with Gasteiger partial charge in [0.05, 0.1) is 0 Å². The predicted molar refractivity (Wildman–Crippen MR) is 70.8 cm³/mol. The highest BCUT2D eigenvalue weighted by atomic mass is 16.4. The fraction of sp³-hybridized carbons (Fsp3) is 0.400. The van der Waals surface area contributed by atoms with Crippen LogP contribution in [-0.4, -0.2) is 11.1 Å². The Morgan fingerprint density at radius 3 is 2.47 bits per heavy atom. The van der Waals surface area contributed by atoms with Gasteiger partial charge in [0.15, 0.2) is 0 Å². The number of aliphatic carboxylic acids is 1. The monoisotopic (exact) mass is 232 g/mol. The van der Waals surface area contributed by atoms with Crippen LogP contribution in [0.2, 0.25) is 0 Å². The van der Waals surface area contributed by atoms with Crippen molar-refractivity contribution >= 4 is 12.0 Å². The largest absolute Gasteiger partial charge is 0.478 e. The molecule has 17 heavy (non-hydrogen) atoms. The summed E-state index contributed by atoms with van der Waals surface area (Å²) in [6, 6.07) is 9.62. The number of unbranched alkanes of at least 4 members (excludes halogenated alkanes) is 3. The molecular formula is C15H20O2. The molecule has 0 spiro atoms. The van der Waals surface area contributed by atoms with Crippen molar-refractivity contribution in [1.82, 2.24) is 0 Å². The van der Waals surface area contributed by atoms with E-state index in [1.54, 1.807) is 6.08 Å². The summed E-state index contributed by atoms with van der Waals surface area (Å²) in [6.07, 6.45) is 6.84. The van der Waals surface area contributed by atoms with Crippen molar-refractivity contribution in [3.05, 3.63) is 41.5 Å². The number of hydrogen-bond donors (Lipinski definition) is 1. The van der Waals surface area contributed by atoms with Gasteiger partial charge in [-0.15, -0.1) is 0 Å². The Morgan fingerprint density at radius 2 is 1.88 bits per heavy atom. The van der Waals surface area contributed by atoms with Crippen molar-refractivity contribution in [3.8, 4) is 0 Å². The number of hydrogen-bond acceptors (Lipinski definition) is 1. The standard InChI is InChI=1S/C15H20O2/c1-2-3-4-8-11-14(15(16)17)12-13-9-6-5-7-10-13/h5-7,9-10,12H,2-4,8,11H2,1H3,(H,16,17)/b14-12+. The summed E-state index contributed by atoms with van der Waals surface area (Å²) in [6.45, 7) is 2.15. The number of benzene rings is 1. The molecule has 0 heterocycles. The highest BCUT2D eigenvalue weighted by Crippen LogP contribution is 2.14. The van der Waals surface area contributed by atoms with Crippen LogP contribution in [0.3, 0.4) is 0 Å². The van der Waals surface area contributed by atoms with Gasteiger partial charge in [-0.2, -0.15) is 0 Å². The van der Waals surface area contributed by atoms with Gasteiger partial charge < -0.3 is 5.11 Å². The Kier molecular flexibility index (Phi) is 6.08. The zero-order valence-electron chi connectivity index (χ0n) is 10.4. The Balaban J connectivity index is 2.60. The maximum atomic E-state index is 11.1. The first-order valence-corrected chi connectivity index (χ1v) is 6.23. The molecule has 2 heteroatoms. The van der Waals surface area contributed by atoms with Crippen molar-refractivity contribution in [2.24, 2.45) is 0 Å². The lowest BCUT2D eigenvalue weighted by molar-refractivity contribution is -0.132. The molecule has 0 aromatic heterocycles. The molecule has 0 saturated heterocycles. The van der Waals surface area contributed by atoms with Crippen LogP contribution in [0, 0.1) is 0 Å². The molecule has 0 bridgehead atoms. The average Bonchev–Trinajstić information content (AvgIpc) is 2.34. The van der Waals surface area contributed by atoms with Crippen LogP contribution >= 0.6 is 0 Å². The minimum atomic E-state index is -0.801. The lowest BCUT2D eigenvalue weighted by atomic mass is 10.0. The molecule has 0 aliphatic carbocycles. The van der Waals surface area contributed by atoms with Gasteiger partial charge >= 0.3 is 5.97 Å². The van der Waals surface area contributed by atoms with E-state index in [4.69, 9.17) is 5.11 Å². The quantitative estimate of drug-likeness (QED) is 0.567. The maximum Gasteiger partial charge on any atom is 0.331 e. The van der Waals surface area contributed by atoms with Crippen LogP contribution in [0.1, 0.15) is 44.6 Å². The fourth-order valence-corrected chi connectivity index (χ4v) is 1.73. The molecule has 0 aliphatic heterocycles. The molecule has 0 atom stereocenters. The van der Waals surface area contributed by atoms with Gasteiger partial charge in [-0.1, -0.05) is 56.5 Å². The summed E-state index contributed by atoms with van der Waals surface area (Å²) in [7, 11) is 0. The van der Waals surface area contributed by atoms with Crippen molar-refractivity contribution in [3.63, 3.8) is 0 Å². The smallest absolute Gasteiger partial charge is 0.331 e. The summed E-state index contributed by atoms with van der Waals surface area (Å²) in [5.41, 5.74) is 1.47. The molecule has 2 nitrogen and oxygen atoms in total. The molecule has 0 fully saturated rings. The average molecular weight is 232 g/mol. The van der Waals surface area contributed by atoms with Crippen LogP contribution in [-0.2, 0) is 4.79 Å². The summed E-state index contributed by atoms with van der Waals surface area (Å²) in [5.74, 6) is -0.801. The Hall–Kier alpha value is -1.57. The minimum Gasteiger partial charge on any atom is -0.478 e. The normalized spacial score (nSPS) is 11.5. The second-order valence-corrected chi connectivity index (χ2v) is 4.20. The van der Waals surface area contributed by atoms with Crippen LogP contribution in [0.15, 0.2) is 35.9 Å². The topological polar surface area (TPSA) is 37.3 Å². The van der Waals surface area contributed by atoms with E-state index < -0.39 is 5.97 Å². The first-order valence-electron chi connectivity index (χ1n) is 6.23. The number of carboxylic acid groups (broad SMARTS) is 1. The summed E-state index contributed by atoms with van der Waals surface area (Å²) < 4.78 is 0. The molecule has 1 rings (SSSR count). The molecule has 92 valence electrons. The second kappa shape index (κ2) is 7.66. The van der Waals surface area contributed by atoms with Crippen LogP contribution < -0.4 is 0 Å². The van der Waals surface area contributed by atoms with E-state index >= 15 is 0 Å². The van der Waals surface area contributed by atoms with Crippen LogP contribution in [0.4, 0.5) is 0 Å². The molecule has 1 aromatic carbocycles. The van der Waals surface area contributed by atoms with Crippen molar-refractivity contribution in [1.29, 1.82) is 0 Å². The lowest BCUT2D eigenvalue weighted by Gasteiger charge is -2.02. The first kappa shape index (κ1) is 13.5. The van der Waals surface area contributed by atoms with E-state index in [2.05, 4.69) is 6.92 Å². The Bertz CT molecular complexity index is 366.